The molecule has 0 saturated carbocycles. The molecule has 0 aliphatic carbocycles. The lowest BCUT2D eigenvalue weighted by Gasteiger charge is -2.03. The Balaban J connectivity index is 1.90. The Morgan fingerprint density at radius 1 is 1.53 bits per heavy atom. The molecule has 0 aliphatic heterocycles. The Kier molecular flexibility index (Phi) is 2.96. The van der Waals surface area contributed by atoms with Crippen LogP contribution in [-0.2, 0) is 0 Å². The number of nitrogens with zero attached hydrogens (tertiary/aromatic N) is 3. The summed E-state index contributed by atoms with van der Waals surface area (Å²) in [5.74, 6) is -0.301. The fourth-order valence-electron chi connectivity index (χ4n) is 1.67. The molecule has 7 heteroatoms. The van der Waals surface area contributed by atoms with Crippen LogP contribution in [0.25, 0.3) is 4.96 Å². The fraction of sp³-hybridized carbons (Fsp3) is 0.0833. The number of fused-ring (bicyclic) bond motifs is 1. The van der Waals surface area contributed by atoms with Crippen molar-refractivity contribution in [1.82, 2.24) is 14.4 Å². The number of carbonyl (C=O) groups is 1. The van der Waals surface area contributed by atoms with Crippen LogP contribution in [0.1, 0.15) is 16.2 Å². The van der Waals surface area contributed by atoms with Crippen LogP contribution in [-0.4, -0.2) is 20.3 Å². The highest BCUT2D eigenvalue weighted by Crippen LogP contribution is 2.20. The molecule has 3 aromatic rings. The number of nitrogens with one attached hydrogen (secondary N) is 1. The number of halogens is 1. The third-order valence-corrected chi connectivity index (χ3v) is 3.89. The standard InChI is InChI=1S/C12H9ClN4OS/c1-7-6-19-12-16-9(5-17(7)12)11(18)15-8-3-2-4-14-10(8)13/h2-6H,1H3,(H,15,18). The number of amides is 1. The van der Waals surface area contributed by atoms with Gasteiger partial charge in [0.05, 0.1) is 5.69 Å². The van der Waals surface area contributed by atoms with Crippen LogP contribution in [0.4, 0.5) is 5.69 Å². The van der Waals surface area contributed by atoms with Gasteiger partial charge in [0.15, 0.2) is 10.1 Å². The maximum absolute atomic E-state index is 12.1. The number of anilines is 1. The Bertz CT molecular complexity index is 764. The molecule has 3 heterocycles. The second-order valence-electron chi connectivity index (χ2n) is 3.95. The van der Waals surface area contributed by atoms with Crippen molar-refractivity contribution in [1.29, 1.82) is 0 Å². The van der Waals surface area contributed by atoms with E-state index in [1.165, 1.54) is 11.3 Å². The van der Waals surface area contributed by atoms with Crippen LogP contribution in [0.2, 0.25) is 5.15 Å². The van der Waals surface area contributed by atoms with Gasteiger partial charge < -0.3 is 5.32 Å². The molecular weight excluding hydrogens is 284 g/mol. The molecule has 96 valence electrons. The topological polar surface area (TPSA) is 59.3 Å². The van der Waals surface area contributed by atoms with Crippen molar-refractivity contribution in [2.24, 2.45) is 0 Å². The summed E-state index contributed by atoms with van der Waals surface area (Å²) >= 11 is 7.38. The van der Waals surface area contributed by atoms with E-state index in [4.69, 9.17) is 11.6 Å². The lowest BCUT2D eigenvalue weighted by molar-refractivity contribution is 0.102. The maximum Gasteiger partial charge on any atom is 0.276 e. The normalized spacial score (nSPS) is 10.8. The summed E-state index contributed by atoms with van der Waals surface area (Å²) in [5, 5.41) is 4.94. The highest BCUT2D eigenvalue weighted by atomic mass is 35.5. The van der Waals surface area contributed by atoms with Crippen LogP contribution >= 0.6 is 22.9 Å². The first-order valence-corrected chi connectivity index (χ1v) is 6.76. The number of carbonyl (C=O) groups excluding carboxylic acids is 1. The van der Waals surface area contributed by atoms with Gasteiger partial charge in [-0.25, -0.2) is 9.97 Å². The molecule has 0 radical (unpaired) electrons. The van der Waals surface area contributed by atoms with Crippen molar-refractivity contribution in [3.8, 4) is 0 Å². The summed E-state index contributed by atoms with van der Waals surface area (Å²) in [5.41, 5.74) is 1.88. The van der Waals surface area contributed by atoms with Crippen molar-refractivity contribution >= 4 is 39.5 Å². The third-order valence-electron chi connectivity index (χ3n) is 2.63. The molecule has 19 heavy (non-hydrogen) atoms. The second-order valence-corrected chi connectivity index (χ2v) is 5.15. The number of imidazole rings is 1. The summed E-state index contributed by atoms with van der Waals surface area (Å²) < 4.78 is 1.88. The van der Waals surface area contributed by atoms with Gasteiger partial charge in [-0.1, -0.05) is 11.6 Å². The first-order valence-electron chi connectivity index (χ1n) is 5.50. The zero-order valence-corrected chi connectivity index (χ0v) is 11.5. The quantitative estimate of drug-likeness (QED) is 0.739. The predicted octanol–water partition coefficient (Wildman–Crippen LogP) is 3.00. The molecule has 1 N–H and O–H groups in total. The number of pyridine rings is 1. The van der Waals surface area contributed by atoms with Crippen molar-refractivity contribution in [2.45, 2.75) is 6.92 Å². The van der Waals surface area contributed by atoms with Gasteiger partial charge in [-0.3, -0.25) is 9.20 Å². The molecule has 3 aromatic heterocycles. The number of hydrogen-bond acceptors (Lipinski definition) is 4. The molecule has 0 spiro atoms. The van der Waals surface area contributed by atoms with Crippen LogP contribution in [0.15, 0.2) is 29.9 Å². The number of hydrogen-bond donors (Lipinski definition) is 1. The van der Waals surface area contributed by atoms with Crippen LogP contribution in [0.3, 0.4) is 0 Å². The minimum atomic E-state index is -0.301. The first kappa shape index (κ1) is 12.1. The Morgan fingerprint density at radius 3 is 3.11 bits per heavy atom. The molecule has 3 rings (SSSR count). The van der Waals surface area contributed by atoms with Gasteiger partial charge in [0.1, 0.15) is 5.69 Å². The molecule has 5 nitrogen and oxygen atoms in total. The smallest absolute Gasteiger partial charge is 0.276 e. The Labute approximate surface area is 117 Å². The van der Waals surface area contributed by atoms with Crippen molar-refractivity contribution in [2.75, 3.05) is 5.32 Å². The van der Waals surface area contributed by atoms with E-state index in [1.807, 2.05) is 16.7 Å². The summed E-state index contributed by atoms with van der Waals surface area (Å²) in [6.07, 6.45) is 3.27. The van der Waals surface area contributed by atoms with E-state index < -0.39 is 0 Å². The number of rotatable bonds is 2. The summed E-state index contributed by atoms with van der Waals surface area (Å²) in [4.78, 5) is 21.0. The molecule has 0 aromatic carbocycles. The van der Waals surface area contributed by atoms with Gasteiger partial charge in [-0.05, 0) is 19.1 Å². The largest absolute Gasteiger partial charge is 0.318 e. The summed E-state index contributed by atoms with van der Waals surface area (Å²) in [6, 6.07) is 3.40. The Hall–Kier alpha value is -1.92. The molecule has 0 fully saturated rings. The highest BCUT2D eigenvalue weighted by molar-refractivity contribution is 7.15. The average Bonchev–Trinajstić information content (AvgIpc) is 2.95. The van der Waals surface area contributed by atoms with E-state index in [-0.39, 0.29) is 11.1 Å². The van der Waals surface area contributed by atoms with E-state index in [2.05, 4.69) is 15.3 Å². The van der Waals surface area contributed by atoms with Gasteiger partial charge in [-0.2, -0.15) is 0 Å². The number of aromatic nitrogens is 3. The minimum absolute atomic E-state index is 0.257. The number of aryl methyl sites for hydroxylation is 1. The lowest BCUT2D eigenvalue weighted by Crippen LogP contribution is -2.12. The van der Waals surface area contributed by atoms with Gasteiger partial charge in [0.25, 0.3) is 5.91 Å². The summed E-state index contributed by atoms with van der Waals surface area (Å²) in [7, 11) is 0. The van der Waals surface area contributed by atoms with Gasteiger partial charge in [0.2, 0.25) is 0 Å². The monoisotopic (exact) mass is 292 g/mol. The van der Waals surface area contributed by atoms with E-state index in [1.54, 1.807) is 24.5 Å². The van der Waals surface area contributed by atoms with Crippen LogP contribution in [0.5, 0.6) is 0 Å². The zero-order chi connectivity index (χ0) is 13.4. The fourth-order valence-corrected chi connectivity index (χ4v) is 2.69. The minimum Gasteiger partial charge on any atom is -0.318 e. The maximum atomic E-state index is 12.1. The average molecular weight is 293 g/mol. The van der Waals surface area contributed by atoms with Gasteiger partial charge >= 0.3 is 0 Å². The molecule has 0 atom stereocenters. The Morgan fingerprint density at radius 2 is 2.37 bits per heavy atom. The van der Waals surface area contributed by atoms with Crippen LogP contribution < -0.4 is 5.32 Å². The first-order chi connectivity index (χ1) is 9.15. The van der Waals surface area contributed by atoms with Crippen molar-refractivity contribution in [3.05, 3.63) is 46.4 Å². The van der Waals surface area contributed by atoms with Crippen LogP contribution in [0, 0.1) is 6.92 Å². The van der Waals surface area contributed by atoms with Crippen molar-refractivity contribution in [3.63, 3.8) is 0 Å². The summed E-state index contributed by atoms with van der Waals surface area (Å²) in [6.45, 7) is 1.96. The van der Waals surface area contributed by atoms with E-state index in [0.717, 1.165) is 10.7 Å². The molecule has 0 bridgehead atoms. The molecule has 0 unspecified atom stereocenters. The predicted molar refractivity (Wildman–Crippen MR) is 75.0 cm³/mol. The molecule has 0 aliphatic rings. The molecular formula is C12H9ClN4OS. The van der Waals surface area contributed by atoms with E-state index in [9.17, 15) is 4.79 Å². The second kappa shape index (κ2) is 4.64. The zero-order valence-electron chi connectivity index (χ0n) is 9.92. The van der Waals surface area contributed by atoms with E-state index >= 15 is 0 Å². The highest BCUT2D eigenvalue weighted by Gasteiger charge is 2.14. The molecule has 1 amide bonds. The molecule has 0 saturated heterocycles. The van der Waals surface area contributed by atoms with Gasteiger partial charge in [0, 0.05) is 23.5 Å². The SMILES string of the molecule is Cc1csc2nc(C(=O)Nc3cccnc3Cl)cn12. The third kappa shape index (κ3) is 2.20. The number of thiazole rings is 1. The van der Waals surface area contributed by atoms with Crippen molar-refractivity contribution < 1.29 is 4.79 Å². The lowest BCUT2D eigenvalue weighted by atomic mass is 10.4. The van der Waals surface area contributed by atoms with E-state index in [0.29, 0.717) is 11.4 Å². The van der Waals surface area contributed by atoms with Gasteiger partial charge in [-0.15, -0.1) is 11.3 Å².